The smallest absolute Gasteiger partial charge is 0.0621 e. The van der Waals surface area contributed by atoms with Gasteiger partial charge in [-0.25, -0.2) is 0 Å². The van der Waals surface area contributed by atoms with Gasteiger partial charge in [-0.2, -0.15) is 5.26 Å². The van der Waals surface area contributed by atoms with Crippen LogP contribution in [0.2, 0.25) is 0 Å². The largest absolute Gasteiger partial charge is 0.371 e. The fourth-order valence-electron chi connectivity index (χ4n) is 3.74. The number of nitriles is 1. The molecule has 1 saturated heterocycles. The molecule has 0 saturated carbocycles. The summed E-state index contributed by atoms with van der Waals surface area (Å²) >= 11 is 0. The number of anilines is 1. The number of para-hydroxylation sites is 1. The lowest BCUT2D eigenvalue weighted by Crippen LogP contribution is -2.36. The van der Waals surface area contributed by atoms with Gasteiger partial charge in [0.05, 0.1) is 6.07 Å². The van der Waals surface area contributed by atoms with E-state index >= 15 is 0 Å². The van der Waals surface area contributed by atoms with Crippen molar-refractivity contribution in [3.05, 3.63) is 65.7 Å². The molecule has 1 fully saturated rings. The molecule has 0 aliphatic carbocycles. The van der Waals surface area contributed by atoms with E-state index in [0.717, 1.165) is 32.4 Å². The zero-order valence-electron chi connectivity index (χ0n) is 14.3. The molecule has 2 aromatic rings. The molecule has 1 aliphatic heterocycles. The molecule has 2 heteroatoms. The van der Waals surface area contributed by atoms with Crippen molar-refractivity contribution in [1.29, 1.82) is 5.26 Å². The Morgan fingerprint density at radius 3 is 2.62 bits per heavy atom. The Hall–Kier alpha value is -2.27. The van der Waals surface area contributed by atoms with Gasteiger partial charge in [0.25, 0.3) is 0 Å². The second kappa shape index (κ2) is 8.55. The fourth-order valence-corrected chi connectivity index (χ4v) is 3.74. The van der Waals surface area contributed by atoms with Gasteiger partial charge >= 0.3 is 0 Å². The summed E-state index contributed by atoms with van der Waals surface area (Å²) < 4.78 is 0. The molecular formula is C22H26N2. The molecule has 1 heterocycles. The van der Waals surface area contributed by atoms with Crippen LogP contribution in [-0.2, 0) is 12.8 Å². The van der Waals surface area contributed by atoms with Gasteiger partial charge in [0.2, 0.25) is 0 Å². The molecular weight excluding hydrogens is 292 g/mol. The van der Waals surface area contributed by atoms with Gasteiger partial charge < -0.3 is 4.90 Å². The summed E-state index contributed by atoms with van der Waals surface area (Å²) in [5.41, 5.74) is 4.25. The average molecular weight is 318 g/mol. The quantitative estimate of drug-likeness (QED) is 0.750. The average Bonchev–Trinajstić information content (AvgIpc) is 2.66. The predicted molar refractivity (Wildman–Crippen MR) is 100 cm³/mol. The highest BCUT2D eigenvalue weighted by Crippen LogP contribution is 2.29. The summed E-state index contributed by atoms with van der Waals surface area (Å²) in [4.78, 5) is 2.55. The molecule has 1 aliphatic rings. The molecule has 24 heavy (non-hydrogen) atoms. The minimum absolute atomic E-state index is 0.667. The summed E-state index contributed by atoms with van der Waals surface area (Å²) in [5.74, 6) is 0.667. The minimum Gasteiger partial charge on any atom is -0.371 e. The third kappa shape index (κ3) is 4.38. The topological polar surface area (TPSA) is 27.0 Å². The number of benzene rings is 2. The van der Waals surface area contributed by atoms with Gasteiger partial charge in [0.15, 0.2) is 0 Å². The minimum atomic E-state index is 0.667. The Kier molecular flexibility index (Phi) is 5.90. The maximum Gasteiger partial charge on any atom is 0.0621 e. The monoisotopic (exact) mass is 318 g/mol. The summed E-state index contributed by atoms with van der Waals surface area (Å²) in [6, 6.07) is 21.9. The number of hydrogen-bond acceptors (Lipinski definition) is 2. The SMILES string of the molecule is N#CCCC1CCCN(c2ccccc2CCc2ccccc2)C1. The van der Waals surface area contributed by atoms with Gasteiger partial charge in [-0.15, -0.1) is 0 Å². The number of hydrogen-bond donors (Lipinski definition) is 0. The van der Waals surface area contributed by atoms with Crippen LogP contribution < -0.4 is 4.90 Å². The Morgan fingerprint density at radius 2 is 1.79 bits per heavy atom. The van der Waals surface area contributed by atoms with Gasteiger partial charge in [-0.05, 0) is 55.2 Å². The van der Waals surface area contributed by atoms with Crippen LogP contribution in [0.15, 0.2) is 54.6 Å². The van der Waals surface area contributed by atoms with Crippen molar-refractivity contribution in [2.24, 2.45) is 5.92 Å². The number of aryl methyl sites for hydroxylation is 2. The van der Waals surface area contributed by atoms with E-state index in [9.17, 15) is 0 Å². The number of piperidine rings is 1. The first-order valence-corrected chi connectivity index (χ1v) is 9.10. The van der Waals surface area contributed by atoms with Gasteiger partial charge in [0.1, 0.15) is 0 Å². The molecule has 0 radical (unpaired) electrons. The van der Waals surface area contributed by atoms with E-state index in [1.54, 1.807) is 0 Å². The molecule has 0 N–H and O–H groups in total. The summed E-state index contributed by atoms with van der Waals surface area (Å²) in [6.07, 6.45) is 6.41. The van der Waals surface area contributed by atoms with E-state index in [4.69, 9.17) is 5.26 Å². The van der Waals surface area contributed by atoms with Crippen LogP contribution in [0, 0.1) is 17.2 Å². The highest BCUT2D eigenvalue weighted by atomic mass is 15.1. The molecule has 0 aromatic heterocycles. The predicted octanol–water partition coefficient (Wildman–Crippen LogP) is 4.99. The summed E-state index contributed by atoms with van der Waals surface area (Å²) in [6.45, 7) is 2.25. The first-order chi connectivity index (χ1) is 11.9. The number of rotatable bonds is 6. The fraction of sp³-hybridized carbons (Fsp3) is 0.409. The van der Waals surface area contributed by atoms with Crippen LogP contribution in [0.1, 0.15) is 36.8 Å². The van der Waals surface area contributed by atoms with E-state index < -0.39 is 0 Å². The van der Waals surface area contributed by atoms with Crippen molar-refractivity contribution in [1.82, 2.24) is 0 Å². The van der Waals surface area contributed by atoms with Crippen molar-refractivity contribution in [2.45, 2.75) is 38.5 Å². The third-order valence-corrected chi connectivity index (χ3v) is 5.04. The molecule has 0 bridgehead atoms. The molecule has 1 unspecified atom stereocenters. The lowest BCUT2D eigenvalue weighted by atomic mass is 9.92. The normalized spacial score (nSPS) is 17.5. The van der Waals surface area contributed by atoms with Crippen LogP contribution in [0.4, 0.5) is 5.69 Å². The zero-order valence-corrected chi connectivity index (χ0v) is 14.3. The molecule has 3 rings (SSSR count). The number of nitrogens with zero attached hydrogens (tertiary/aromatic N) is 2. The standard InChI is InChI=1S/C22H26N2/c23-16-6-10-20-11-7-17-24(18-20)22-13-5-4-12-21(22)15-14-19-8-2-1-3-9-19/h1-5,8-9,12-13,20H,6-7,10-11,14-15,17-18H2. The van der Waals surface area contributed by atoms with Crippen molar-refractivity contribution >= 4 is 5.69 Å². The van der Waals surface area contributed by atoms with Crippen LogP contribution >= 0.6 is 0 Å². The maximum absolute atomic E-state index is 8.84. The van der Waals surface area contributed by atoms with Crippen molar-refractivity contribution in [2.75, 3.05) is 18.0 Å². The van der Waals surface area contributed by atoms with E-state index in [2.05, 4.69) is 65.6 Å². The summed E-state index contributed by atoms with van der Waals surface area (Å²) in [5, 5.41) is 8.84. The van der Waals surface area contributed by atoms with Gasteiger partial charge in [0, 0.05) is 25.2 Å². The second-order valence-corrected chi connectivity index (χ2v) is 6.77. The molecule has 2 aromatic carbocycles. The lowest BCUT2D eigenvalue weighted by molar-refractivity contribution is 0.395. The van der Waals surface area contributed by atoms with E-state index in [0.29, 0.717) is 12.3 Å². The highest BCUT2D eigenvalue weighted by molar-refractivity contribution is 5.54. The Labute approximate surface area is 145 Å². The highest BCUT2D eigenvalue weighted by Gasteiger charge is 2.21. The molecule has 124 valence electrons. The first kappa shape index (κ1) is 16.6. The first-order valence-electron chi connectivity index (χ1n) is 9.10. The van der Waals surface area contributed by atoms with Crippen molar-refractivity contribution < 1.29 is 0 Å². The maximum atomic E-state index is 8.84. The van der Waals surface area contributed by atoms with Crippen LogP contribution in [-0.4, -0.2) is 13.1 Å². The van der Waals surface area contributed by atoms with E-state index in [-0.39, 0.29) is 0 Å². The molecule has 2 nitrogen and oxygen atoms in total. The Balaban J connectivity index is 1.68. The van der Waals surface area contributed by atoms with Crippen molar-refractivity contribution in [3.63, 3.8) is 0 Å². The Bertz CT molecular complexity index is 672. The third-order valence-electron chi connectivity index (χ3n) is 5.04. The zero-order chi connectivity index (χ0) is 16.6. The van der Waals surface area contributed by atoms with Crippen LogP contribution in [0.25, 0.3) is 0 Å². The second-order valence-electron chi connectivity index (χ2n) is 6.77. The van der Waals surface area contributed by atoms with E-state index in [1.165, 1.54) is 29.7 Å². The molecule has 1 atom stereocenters. The van der Waals surface area contributed by atoms with Crippen LogP contribution in [0.3, 0.4) is 0 Å². The summed E-state index contributed by atoms with van der Waals surface area (Å²) in [7, 11) is 0. The lowest BCUT2D eigenvalue weighted by Gasteiger charge is -2.35. The van der Waals surface area contributed by atoms with E-state index in [1.807, 2.05) is 0 Å². The van der Waals surface area contributed by atoms with Gasteiger partial charge in [-0.1, -0.05) is 48.5 Å². The van der Waals surface area contributed by atoms with Crippen molar-refractivity contribution in [3.8, 4) is 6.07 Å². The van der Waals surface area contributed by atoms with Gasteiger partial charge in [-0.3, -0.25) is 0 Å². The molecule has 0 spiro atoms. The van der Waals surface area contributed by atoms with Crippen LogP contribution in [0.5, 0.6) is 0 Å². The Morgan fingerprint density at radius 1 is 1.00 bits per heavy atom. The molecule has 0 amide bonds.